The van der Waals surface area contributed by atoms with Gasteiger partial charge in [-0.1, -0.05) is 35.3 Å². The minimum absolute atomic E-state index is 0.0991. The molecule has 1 amide bonds. The number of nitrogens with one attached hydrogen (secondary N) is 1. The number of aromatic amines is 1. The third kappa shape index (κ3) is 4.43. The van der Waals surface area contributed by atoms with Crippen molar-refractivity contribution in [2.24, 2.45) is 5.92 Å². The molecule has 0 bridgehead atoms. The Balaban J connectivity index is 1.32. The van der Waals surface area contributed by atoms with Gasteiger partial charge in [-0.25, -0.2) is 4.98 Å². The Hall–Kier alpha value is -2.51. The summed E-state index contributed by atoms with van der Waals surface area (Å²) in [5.41, 5.74) is 2.98. The normalized spacial score (nSPS) is 20.6. The SMILES string of the molecule is O=C1C(Cc2c(Cl)cc(-c3cccc(C(F)(F)F)c3)cc2Cl)CCN1C1CCc2nc[nH]c2C1. The number of halogens is 5. The van der Waals surface area contributed by atoms with Gasteiger partial charge in [-0.15, -0.1) is 0 Å². The molecule has 0 saturated carbocycles. The van der Waals surface area contributed by atoms with Crippen molar-refractivity contribution in [2.75, 3.05) is 6.54 Å². The first-order valence-electron chi connectivity index (χ1n) is 11.2. The number of amides is 1. The number of carbonyl (C=O) groups excluding carboxylic acids is 1. The molecular weight excluding hydrogens is 486 g/mol. The monoisotopic (exact) mass is 507 g/mol. The van der Waals surface area contributed by atoms with Crippen LogP contribution in [0.1, 0.15) is 35.4 Å². The van der Waals surface area contributed by atoms with E-state index in [0.29, 0.717) is 46.1 Å². The van der Waals surface area contributed by atoms with Crippen LogP contribution in [0.3, 0.4) is 0 Å². The molecule has 4 nitrogen and oxygen atoms in total. The van der Waals surface area contributed by atoms with Crippen molar-refractivity contribution in [3.05, 3.63) is 75.3 Å². The summed E-state index contributed by atoms with van der Waals surface area (Å²) < 4.78 is 39.3. The second-order valence-corrected chi connectivity index (χ2v) is 9.76. The number of imidazole rings is 1. The molecule has 2 heterocycles. The van der Waals surface area contributed by atoms with E-state index in [-0.39, 0.29) is 17.9 Å². The molecule has 34 heavy (non-hydrogen) atoms. The van der Waals surface area contributed by atoms with E-state index < -0.39 is 11.7 Å². The number of hydrogen-bond acceptors (Lipinski definition) is 2. The van der Waals surface area contributed by atoms with E-state index >= 15 is 0 Å². The van der Waals surface area contributed by atoms with E-state index in [2.05, 4.69) is 9.97 Å². The second-order valence-electron chi connectivity index (χ2n) is 8.94. The van der Waals surface area contributed by atoms with Gasteiger partial charge in [0.05, 0.1) is 17.6 Å². The Kier molecular flexibility index (Phi) is 6.10. The summed E-state index contributed by atoms with van der Waals surface area (Å²) in [5.74, 6) is -0.125. The molecule has 2 aliphatic rings. The summed E-state index contributed by atoms with van der Waals surface area (Å²) in [6, 6.07) is 8.45. The fourth-order valence-electron chi connectivity index (χ4n) is 5.05. The van der Waals surface area contributed by atoms with E-state index in [9.17, 15) is 18.0 Å². The van der Waals surface area contributed by atoms with Gasteiger partial charge >= 0.3 is 6.18 Å². The van der Waals surface area contributed by atoms with E-state index in [1.807, 2.05) is 4.90 Å². The highest BCUT2D eigenvalue weighted by Gasteiger charge is 2.38. The molecule has 178 valence electrons. The van der Waals surface area contributed by atoms with E-state index in [1.165, 1.54) is 6.07 Å². The van der Waals surface area contributed by atoms with Gasteiger partial charge in [0.2, 0.25) is 5.91 Å². The van der Waals surface area contributed by atoms with Gasteiger partial charge in [0, 0.05) is 40.7 Å². The van der Waals surface area contributed by atoms with Crippen molar-refractivity contribution < 1.29 is 18.0 Å². The highest BCUT2D eigenvalue weighted by molar-refractivity contribution is 6.36. The van der Waals surface area contributed by atoms with Crippen LogP contribution < -0.4 is 0 Å². The van der Waals surface area contributed by atoms with Gasteiger partial charge in [-0.3, -0.25) is 4.79 Å². The van der Waals surface area contributed by atoms with Crippen molar-refractivity contribution in [1.82, 2.24) is 14.9 Å². The number of carbonyl (C=O) groups is 1. The summed E-state index contributed by atoms with van der Waals surface area (Å²) in [5, 5.41) is 0.705. The molecule has 1 saturated heterocycles. The lowest BCUT2D eigenvalue weighted by Gasteiger charge is -2.31. The number of fused-ring (bicyclic) bond motifs is 1. The lowest BCUT2D eigenvalue weighted by atomic mass is 9.94. The molecule has 3 aromatic rings. The van der Waals surface area contributed by atoms with Crippen LogP contribution in [0.15, 0.2) is 42.7 Å². The molecule has 2 atom stereocenters. The van der Waals surface area contributed by atoms with Crippen LogP contribution in [0.25, 0.3) is 11.1 Å². The van der Waals surface area contributed by atoms with E-state index in [0.717, 1.165) is 42.8 Å². The summed E-state index contributed by atoms with van der Waals surface area (Å²) >= 11 is 13.1. The van der Waals surface area contributed by atoms with Crippen molar-refractivity contribution in [2.45, 2.75) is 44.3 Å². The molecule has 1 aliphatic carbocycles. The van der Waals surface area contributed by atoms with E-state index in [4.69, 9.17) is 23.2 Å². The topological polar surface area (TPSA) is 49.0 Å². The Morgan fingerprint density at radius 3 is 2.59 bits per heavy atom. The highest BCUT2D eigenvalue weighted by Crippen LogP contribution is 2.38. The maximum absolute atomic E-state index is 13.2. The molecule has 1 aliphatic heterocycles. The average molecular weight is 508 g/mol. The van der Waals surface area contributed by atoms with Crippen LogP contribution in [-0.2, 0) is 30.2 Å². The van der Waals surface area contributed by atoms with Gasteiger partial charge in [-0.2, -0.15) is 13.2 Å². The van der Waals surface area contributed by atoms with Crippen molar-refractivity contribution >= 4 is 29.1 Å². The number of benzene rings is 2. The minimum atomic E-state index is -4.43. The van der Waals surface area contributed by atoms with Crippen LogP contribution >= 0.6 is 23.2 Å². The number of rotatable bonds is 4. The lowest BCUT2D eigenvalue weighted by Crippen LogP contribution is -2.41. The van der Waals surface area contributed by atoms with Crippen molar-refractivity contribution in [1.29, 1.82) is 0 Å². The minimum Gasteiger partial charge on any atom is -0.348 e. The number of nitrogens with zero attached hydrogens (tertiary/aromatic N) is 2. The Bertz CT molecular complexity index is 1220. The highest BCUT2D eigenvalue weighted by atomic mass is 35.5. The summed E-state index contributed by atoms with van der Waals surface area (Å²) in [7, 11) is 0. The number of H-pyrrole nitrogens is 1. The van der Waals surface area contributed by atoms with Crippen LogP contribution in [0.5, 0.6) is 0 Å². The number of aryl methyl sites for hydroxylation is 1. The first kappa shape index (κ1) is 23.2. The predicted molar refractivity (Wildman–Crippen MR) is 125 cm³/mol. The third-order valence-electron chi connectivity index (χ3n) is 6.87. The first-order valence-corrected chi connectivity index (χ1v) is 11.9. The third-order valence-corrected chi connectivity index (χ3v) is 7.54. The molecule has 9 heteroatoms. The molecule has 1 aromatic heterocycles. The fraction of sp³-hybridized carbons (Fsp3) is 0.360. The van der Waals surface area contributed by atoms with Gasteiger partial charge in [0.15, 0.2) is 0 Å². The average Bonchev–Trinajstić information content (AvgIpc) is 3.41. The summed E-state index contributed by atoms with van der Waals surface area (Å²) in [6.45, 7) is 0.690. The maximum Gasteiger partial charge on any atom is 0.416 e. The van der Waals surface area contributed by atoms with E-state index in [1.54, 1.807) is 24.5 Å². The molecule has 1 N–H and O–H groups in total. The lowest BCUT2D eigenvalue weighted by molar-refractivity contribution is -0.137. The molecular formula is C25H22Cl2F3N3O. The van der Waals surface area contributed by atoms with Gasteiger partial charge in [0.1, 0.15) is 0 Å². The number of likely N-dealkylation sites (tertiary alicyclic amines) is 1. The smallest absolute Gasteiger partial charge is 0.348 e. The van der Waals surface area contributed by atoms with Gasteiger partial charge in [-0.05, 0) is 66.6 Å². The van der Waals surface area contributed by atoms with Crippen LogP contribution in [0, 0.1) is 5.92 Å². The van der Waals surface area contributed by atoms with Crippen molar-refractivity contribution in [3.8, 4) is 11.1 Å². The number of hydrogen-bond donors (Lipinski definition) is 1. The zero-order valence-corrected chi connectivity index (χ0v) is 19.6. The van der Waals surface area contributed by atoms with Gasteiger partial charge in [0.25, 0.3) is 0 Å². The standard InChI is InChI=1S/C25H22Cl2F3N3O/c26-20-10-16(14-2-1-3-17(8-14)25(28,29)30)11-21(27)19(20)9-15-6-7-33(24(15)34)18-4-5-22-23(12-18)32-13-31-22/h1-3,8,10-11,13,15,18H,4-7,9,12H2,(H,31,32). The zero-order chi connectivity index (χ0) is 24.0. The molecule has 0 radical (unpaired) electrons. The molecule has 5 rings (SSSR count). The van der Waals surface area contributed by atoms with Crippen LogP contribution in [0.2, 0.25) is 10.0 Å². The zero-order valence-electron chi connectivity index (χ0n) is 18.1. The number of aromatic nitrogens is 2. The maximum atomic E-state index is 13.2. The molecule has 2 aromatic carbocycles. The number of alkyl halides is 3. The molecule has 1 fully saturated rings. The predicted octanol–water partition coefficient (Wildman–Crippen LogP) is 6.35. The summed E-state index contributed by atoms with van der Waals surface area (Å²) in [6.07, 6.45) is 0.909. The van der Waals surface area contributed by atoms with Crippen LogP contribution in [0.4, 0.5) is 13.2 Å². The van der Waals surface area contributed by atoms with Gasteiger partial charge < -0.3 is 9.88 Å². The second kappa shape index (κ2) is 8.93. The largest absolute Gasteiger partial charge is 0.416 e. The Morgan fingerprint density at radius 1 is 1.09 bits per heavy atom. The quantitative estimate of drug-likeness (QED) is 0.447. The Morgan fingerprint density at radius 2 is 1.85 bits per heavy atom. The molecule has 0 spiro atoms. The van der Waals surface area contributed by atoms with Crippen LogP contribution in [-0.4, -0.2) is 33.4 Å². The fourth-order valence-corrected chi connectivity index (χ4v) is 5.69. The molecule has 2 unspecified atom stereocenters. The first-order chi connectivity index (χ1) is 16.2. The summed E-state index contributed by atoms with van der Waals surface area (Å²) in [4.78, 5) is 22.7. The van der Waals surface area contributed by atoms with Crippen molar-refractivity contribution in [3.63, 3.8) is 0 Å². The Labute approximate surface area is 205 Å².